The predicted octanol–water partition coefficient (Wildman–Crippen LogP) is 6.81. The zero-order chi connectivity index (χ0) is 31.2. The number of nitrogens with zero attached hydrogens (tertiary/aromatic N) is 5. The lowest BCUT2D eigenvalue weighted by Gasteiger charge is -2.17. The van der Waals surface area contributed by atoms with Crippen molar-refractivity contribution in [2.75, 3.05) is 0 Å². The Morgan fingerprint density at radius 3 is 2.43 bits per heavy atom. The van der Waals surface area contributed by atoms with Crippen molar-refractivity contribution >= 4 is 17.1 Å². The second-order valence-electron chi connectivity index (χ2n) is 11.1. The van der Waals surface area contributed by atoms with Crippen molar-refractivity contribution in [1.82, 2.24) is 24.5 Å². The Kier molecular flexibility index (Phi) is 7.52. The topological polar surface area (TPSA) is 103 Å². The van der Waals surface area contributed by atoms with Gasteiger partial charge in [0.15, 0.2) is 17.2 Å². The van der Waals surface area contributed by atoms with Crippen LogP contribution in [-0.4, -0.2) is 35.6 Å². The lowest BCUT2D eigenvalue weighted by molar-refractivity contribution is 0.0690. The largest absolute Gasteiger partial charge is 0.477 e. The Morgan fingerprint density at radius 2 is 1.73 bits per heavy atom. The summed E-state index contributed by atoms with van der Waals surface area (Å²) >= 11 is 0. The van der Waals surface area contributed by atoms with Gasteiger partial charge in [-0.15, -0.1) is 0 Å². The number of halogens is 4. The van der Waals surface area contributed by atoms with Crippen molar-refractivity contribution < 1.29 is 32.2 Å². The van der Waals surface area contributed by atoms with Gasteiger partial charge in [0.05, 0.1) is 6.20 Å². The minimum atomic E-state index is -1.19. The van der Waals surface area contributed by atoms with E-state index in [2.05, 4.69) is 26.9 Å². The van der Waals surface area contributed by atoms with E-state index < -0.39 is 40.5 Å². The normalized spacial score (nSPS) is 13.8. The molecule has 6 rings (SSSR count). The van der Waals surface area contributed by atoms with Crippen LogP contribution < -0.4 is 4.74 Å². The van der Waals surface area contributed by atoms with E-state index in [1.807, 2.05) is 0 Å². The summed E-state index contributed by atoms with van der Waals surface area (Å²) in [6.45, 7) is 4.06. The number of ether oxygens (including phenoxy) is 1. The molecule has 1 aliphatic carbocycles. The molecule has 5 aromatic rings. The molecular formula is C32H27F4N5O3. The Morgan fingerprint density at radius 1 is 0.955 bits per heavy atom. The summed E-state index contributed by atoms with van der Waals surface area (Å²) in [5.74, 6) is -4.04. The first-order valence-corrected chi connectivity index (χ1v) is 14.0. The van der Waals surface area contributed by atoms with Crippen LogP contribution >= 0.6 is 0 Å². The average molecular weight is 606 g/mol. The highest BCUT2D eigenvalue weighted by Crippen LogP contribution is 2.50. The highest BCUT2D eigenvalue weighted by Gasteiger charge is 2.42. The van der Waals surface area contributed by atoms with Crippen molar-refractivity contribution in [1.29, 1.82) is 0 Å². The minimum absolute atomic E-state index is 0.00643. The zero-order valence-electron chi connectivity index (χ0n) is 23.9. The molecular weight excluding hydrogens is 578 g/mol. The van der Waals surface area contributed by atoms with Crippen molar-refractivity contribution in [2.24, 2.45) is 5.41 Å². The molecule has 0 unspecified atom stereocenters. The van der Waals surface area contributed by atoms with Gasteiger partial charge in [-0.25, -0.2) is 37.3 Å². The number of hydrogen-bond acceptors (Lipinski definition) is 6. The zero-order valence-corrected chi connectivity index (χ0v) is 23.9. The monoisotopic (exact) mass is 605 g/mol. The van der Waals surface area contributed by atoms with Crippen LogP contribution in [0.25, 0.3) is 22.4 Å². The number of aromatic carboxylic acids is 1. The van der Waals surface area contributed by atoms with Crippen molar-refractivity contribution in [3.05, 3.63) is 100 Å². The van der Waals surface area contributed by atoms with Gasteiger partial charge in [-0.2, -0.15) is 4.98 Å². The number of fused-ring (bicyclic) bond motifs is 1. The molecule has 8 nitrogen and oxygen atoms in total. The van der Waals surface area contributed by atoms with Gasteiger partial charge in [-0.3, -0.25) is 0 Å². The molecule has 0 spiro atoms. The third kappa shape index (κ3) is 5.71. The van der Waals surface area contributed by atoms with Crippen LogP contribution in [0.3, 0.4) is 0 Å². The van der Waals surface area contributed by atoms with Crippen molar-refractivity contribution in [2.45, 2.75) is 52.7 Å². The molecule has 0 atom stereocenters. The maximum atomic E-state index is 15.5. The van der Waals surface area contributed by atoms with Gasteiger partial charge in [0.1, 0.15) is 41.1 Å². The standard InChI is InChI=1S/C32H27F4N5O3/c1-3-32(8-9-32)16-41-27(38-25-6-7-26(30(42)43)39-29(25)41)12-19-11-23(35)20(13-22(19)34)28-24(36)14-37-31(40-28)44-15-18-5-4-17(2)10-21(18)33/h4-7,10-11,13-14H,3,8-9,12,15-16H2,1-2H3,(H,42,43). The number of rotatable bonds is 10. The van der Waals surface area contributed by atoms with E-state index in [9.17, 15) is 18.7 Å². The Balaban J connectivity index is 1.31. The molecule has 12 heteroatoms. The second-order valence-corrected chi connectivity index (χ2v) is 11.1. The van der Waals surface area contributed by atoms with Crippen molar-refractivity contribution in [3.63, 3.8) is 0 Å². The van der Waals surface area contributed by atoms with Gasteiger partial charge in [0.25, 0.3) is 0 Å². The number of carbonyl (C=O) groups is 1. The second kappa shape index (κ2) is 11.3. The number of carboxylic acids is 1. The number of aryl methyl sites for hydroxylation is 1. The van der Waals surface area contributed by atoms with Crippen molar-refractivity contribution in [3.8, 4) is 17.3 Å². The molecule has 3 heterocycles. The molecule has 1 fully saturated rings. The third-order valence-electron chi connectivity index (χ3n) is 8.12. The van der Waals surface area contributed by atoms with E-state index in [0.29, 0.717) is 23.5 Å². The van der Waals surface area contributed by atoms with Gasteiger partial charge in [-0.05, 0) is 73.1 Å². The molecule has 0 amide bonds. The number of imidazole rings is 1. The van der Waals surface area contributed by atoms with Crippen LogP contribution in [-0.2, 0) is 19.6 Å². The number of pyridine rings is 1. The first-order valence-electron chi connectivity index (χ1n) is 14.0. The Hall–Kier alpha value is -4.87. The SMILES string of the molecule is CCC1(Cn2c(Cc3cc(F)c(-c4nc(OCc5ccc(C)cc5F)ncc4F)cc3F)nc3ccc(C(=O)O)nc32)CC1. The maximum Gasteiger partial charge on any atom is 0.354 e. The first-order chi connectivity index (χ1) is 21.1. The fourth-order valence-electron chi connectivity index (χ4n) is 5.20. The number of aromatic nitrogens is 5. The highest BCUT2D eigenvalue weighted by molar-refractivity contribution is 5.88. The summed E-state index contributed by atoms with van der Waals surface area (Å²) in [6.07, 6.45) is 3.50. The van der Waals surface area contributed by atoms with E-state index in [1.54, 1.807) is 23.6 Å². The molecule has 0 radical (unpaired) electrons. The number of hydrogen-bond donors (Lipinski definition) is 1. The summed E-state index contributed by atoms with van der Waals surface area (Å²) in [7, 11) is 0. The molecule has 226 valence electrons. The van der Waals surface area contributed by atoms with Crippen LogP contribution in [0.5, 0.6) is 6.01 Å². The Bertz CT molecular complexity index is 1920. The van der Waals surface area contributed by atoms with Gasteiger partial charge < -0.3 is 14.4 Å². The van der Waals surface area contributed by atoms with E-state index in [4.69, 9.17) is 4.74 Å². The van der Waals surface area contributed by atoms with Crippen LogP contribution in [0.4, 0.5) is 17.6 Å². The molecule has 2 aromatic carbocycles. The van der Waals surface area contributed by atoms with Gasteiger partial charge in [0.2, 0.25) is 0 Å². The van der Waals surface area contributed by atoms with Gasteiger partial charge in [-0.1, -0.05) is 19.1 Å². The van der Waals surface area contributed by atoms with E-state index in [1.165, 1.54) is 18.2 Å². The molecule has 1 aliphatic rings. The summed E-state index contributed by atoms with van der Waals surface area (Å²) in [6, 6.07) is 8.93. The molecule has 0 aliphatic heterocycles. The lowest BCUT2D eigenvalue weighted by Crippen LogP contribution is -2.15. The fraction of sp³-hybridized carbons (Fsp3) is 0.281. The van der Waals surface area contributed by atoms with Crippen LogP contribution in [0.1, 0.15) is 59.2 Å². The molecule has 1 saturated carbocycles. The number of benzene rings is 2. The lowest BCUT2D eigenvalue weighted by atomic mass is 10.0. The fourth-order valence-corrected chi connectivity index (χ4v) is 5.20. The van der Waals surface area contributed by atoms with Crippen LogP contribution in [0.15, 0.2) is 48.7 Å². The van der Waals surface area contributed by atoms with Crippen LogP contribution in [0, 0.1) is 35.6 Å². The molecule has 0 bridgehead atoms. The first kappa shape index (κ1) is 29.2. The number of carboxylic acid groups (broad SMARTS) is 1. The summed E-state index contributed by atoms with van der Waals surface area (Å²) in [5, 5.41) is 9.45. The third-order valence-corrected chi connectivity index (χ3v) is 8.12. The summed E-state index contributed by atoms with van der Waals surface area (Å²) in [4.78, 5) is 28.1. The molecule has 1 N–H and O–H groups in total. The quantitative estimate of drug-likeness (QED) is 0.175. The van der Waals surface area contributed by atoms with Gasteiger partial charge in [0, 0.05) is 24.1 Å². The van der Waals surface area contributed by atoms with Gasteiger partial charge >= 0.3 is 12.0 Å². The molecule has 44 heavy (non-hydrogen) atoms. The van der Waals surface area contributed by atoms with E-state index >= 15 is 8.78 Å². The molecule has 3 aromatic heterocycles. The Labute approximate surface area is 249 Å². The summed E-state index contributed by atoms with van der Waals surface area (Å²) < 4.78 is 67.1. The minimum Gasteiger partial charge on any atom is -0.477 e. The highest BCUT2D eigenvalue weighted by atomic mass is 19.1. The average Bonchev–Trinajstić information content (AvgIpc) is 3.70. The summed E-state index contributed by atoms with van der Waals surface area (Å²) in [5.41, 5.74) is 0.608. The predicted molar refractivity (Wildman–Crippen MR) is 152 cm³/mol. The van der Waals surface area contributed by atoms with E-state index in [0.717, 1.165) is 43.2 Å². The maximum absolute atomic E-state index is 15.5. The smallest absolute Gasteiger partial charge is 0.354 e. The van der Waals surface area contributed by atoms with Crippen LogP contribution in [0.2, 0.25) is 0 Å². The van der Waals surface area contributed by atoms with E-state index in [-0.39, 0.29) is 41.3 Å². The molecule has 0 saturated heterocycles.